The Kier molecular flexibility index (Phi) is 14.4. The fourth-order valence-corrected chi connectivity index (χ4v) is 1.96. The van der Waals surface area contributed by atoms with Gasteiger partial charge in [0.05, 0.1) is 5.75 Å². The first kappa shape index (κ1) is 21.2. The maximum atomic E-state index is 10.9. The Morgan fingerprint density at radius 3 is 2.26 bits per heavy atom. The van der Waals surface area contributed by atoms with Crippen LogP contribution in [0.5, 0.6) is 0 Å². The molecule has 0 aromatic carbocycles. The molecule has 0 rings (SSSR count). The zero-order valence-electron chi connectivity index (χ0n) is 11.9. The van der Waals surface area contributed by atoms with Crippen LogP contribution in [-0.4, -0.2) is 59.7 Å². The first-order valence-corrected chi connectivity index (χ1v) is 8.25. The van der Waals surface area contributed by atoms with Crippen molar-refractivity contribution < 1.29 is 13.2 Å². The van der Waals surface area contributed by atoms with E-state index in [4.69, 9.17) is 4.74 Å². The number of nitrogens with one attached hydrogen (secondary N) is 2. The maximum Gasteiger partial charge on any atom is 0.190 e. The van der Waals surface area contributed by atoms with Gasteiger partial charge in [0.25, 0.3) is 0 Å². The molecule has 0 atom stereocenters. The number of hydrogen-bond donors (Lipinski definition) is 2. The SMILES string of the molecule is CCOCCCNC(=NC)NCCCS(C)(=O)=O.I. The van der Waals surface area contributed by atoms with E-state index in [1.165, 1.54) is 6.26 Å². The molecular formula is C11H26IN3O3S. The highest BCUT2D eigenvalue weighted by atomic mass is 127. The van der Waals surface area contributed by atoms with Crippen molar-refractivity contribution in [1.29, 1.82) is 0 Å². The van der Waals surface area contributed by atoms with Gasteiger partial charge in [0.2, 0.25) is 0 Å². The Hall–Kier alpha value is -0.0900. The summed E-state index contributed by atoms with van der Waals surface area (Å²) in [6.07, 6.45) is 2.74. The van der Waals surface area contributed by atoms with Crippen LogP contribution in [0.1, 0.15) is 19.8 Å². The van der Waals surface area contributed by atoms with Gasteiger partial charge in [-0.05, 0) is 19.8 Å². The highest BCUT2D eigenvalue weighted by Crippen LogP contribution is 1.87. The van der Waals surface area contributed by atoms with Crippen molar-refractivity contribution in [2.45, 2.75) is 19.8 Å². The summed E-state index contributed by atoms with van der Waals surface area (Å²) in [5.41, 5.74) is 0. The third kappa shape index (κ3) is 15.9. The number of aliphatic imine (C=N–C) groups is 1. The van der Waals surface area contributed by atoms with Crippen LogP contribution in [0.2, 0.25) is 0 Å². The Morgan fingerprint density at radius 2 is 1.79 bits per heavy atom. The molecule has 0 fully saturated rings. The van der Waals surface area contributed by atoms with Gasteiger partial charge in [-0.15, -0.1) is 24.0 Å². The molecule has 0 bridgehead atoms. The zero-order chi connectivity index (χ0) is 13.9. The Labute approximate surface area is 133 Å². The number of rotatable bonds is 9. The third-order valence-corrected chi connectivity index (χ3v) is 3.20. The van der Waals surface area contributed by atoms with Gasteiger partial charge in [-0.1, -0.05) is 0 Å². The molecule has 0 aliphatic rings. The number of nitrogens with zero attached hydrogens (tertiary/aromatic N) is 1. The van der Waals surface area contributed by atoms with Gasteiger partial charge in [0.1, 0.15) is 9.84 Å². The lowest BCUT2D eigenvalue weighted by Crippen LogP contribution is -2.38. The van der Waals surface area contributed by atoms with Crippen molar-refractivity contribution in [2.75, 3.05) is 45.4 Å². The molecule has 0 saturated carbocycles. The first-order valence-electron chi connectivity index (χ1n) is 6.19. The maximum absolute atomic E-state index is 10.9. The summed E-state index contributed by atoms with van der Waals surface area (Å²) >= 11 is 0. The second-order valence-corrected chi connectivity index (χ2v) is 6.22. The van der Waals surface area contributed by atoms with Crippen molar-refractivity contribution in [3.63, 3.8) is 0 Å². The fraction of sp³-hybridized carbons (Fsp3) is 0.909. The molecule has 0 heterocycles. The van der Waals surface area contributed by atoms with Crippen molar-refractivity contribution in [2.24, 2.45) is 4.99 Å². The van der Waals surface area contributed by atoms with Crippen LogP contribution in [0.3, 0.4) is 0 Å². The Morgan fingerprint density at radius 1 is 1.21 bits per heavy atom. The molecule has 0 amide bonds. The lowest BCUT2D eigenvalue weighted by Gasteiger charge is -2.11. The van der Waals surface area contributed by atoms with Gasteiger partial charge in [-0.25, -0.2) is 8.42 Å². The molecule has 116 valence electrons. The number of guanidine groups is 1. The molecule has 19 heavy (non-hydrogen) atoms. The minimum absolute atomic E-state index is 0. The van der Waals surface area contributed by atoms with Crippen molar-refractivity contribution in [3.8, 4) is 0 Å². The monoisotopic (exact) mass is 407 g/mol. The van der Waals surface area contributed by atoms with Crippen LogP contribution in [0.4, 0.5) is 0 Å². The molecule has 0 aromatic heterocycles. The molecule has 0 spiro atoms. The second-order valence-electron chi connectivity index (χ2n) is 3.96. The van der Waals surface area contributed by atoms with Crippen molar-refractivity contribution in [1.82, 2.24) is 10.6 Å². The normalized spacial score (nSPS) is 11.8. The predicted octanol–water partition coefficient (Wildman–Crippen LogP) is 0.631. The molecule has 0 unspecified atom stereocenters. The summed E-state index contributed by atoms with van der Waals surface area (Å²) in [5, 5.41) is 6.20. The summed E-state index contributed by atoms with van der Waals surface area (Å²) in [6.45, 7) is 4.81. The lowest BCUT2D eigenvalue weighted by molar-refractivity contribution is 0.145. The molecule has 2 N–H and O–H groups in total. The van der Waals surface area contributed by atoms with E-state index in [2.05, 4.69) is 15.6 Å². The molecule has 0 saturated heterocycles. The zero-order valence-corrected chi connectivity index (χ0v) is 15.1. The molecular weight excluding hydrogens is 381 g/mol. The fourth-order valence-electron chi connectivity index (χ4n) is 1.29. The lowest BCUT2D eigenvalue weighted by atomic mass is 10.4. The van der Waals surface area contributed by atoms with E-state index in [1.807, 2.05) is 6.92 Å². The van der Waals surface area contributed by atoms with E-state index < -0.39 is 9.84 Å². The van der Waals surface area contributed by atoms with E-state index in [-0.39, 0.29) is 29.7 Å². The Bertz CT molecular complexity index is 334. The molecule has 0 aliphatic carbocycles. The highest BCUT2D eigenvalue weighted by Gasteiger charge is 2.02. The van der Waals surface area contributed by atoms with Crippen LogP contribution in [-0.2, 0) is 14.6 Å². The van der Waals surface area contributed by atoms with Crippen molar-refractivity contribution >= 4 is 39.8 Å². The summed E-state index contributed by atoms with van der Waals surface area (Å²) in [6, 6.07) is 0. The van der Waals surface area contributed by atoms with E-state index in [1.54, 1.807) is 7.05 Å². The van der Waals surface area contributed by atoms with E-state index >= 15 is 0 Å². The van der Waals surface area contributed by atoms with Crippen LogP contribution in [0.25, 0.3) is 0 Å². The Balaban J connectivity index is 0. The average Bonchev–Trinajstić information content (AvgIpc) is 2.30. The first-order chi connectivity index (χ1) is 8.49. The number of sulfone groups is 1. The molecule has 8 heteroatoms. The summed E-state index contributed by atoms with van der Waals surface area (Å²) in [7, 11) is -1.18. The molecule has 6 nitrogen and oxygen atoms in total. The van der Waals surface area contributed by atoms with Gasteiger partial charge in [0.15, 0.2) is 5.96 Å². The van der Waals surface area contributed by atoms with Gasteiger partial charge >= 0.3 is 0 Å². The third-order valence-electron chi connectivity index (χ3n) is 2.17. The minimum Gasteiger partial charge on any atom is -0.382 e. The number of ether oxygens (including phenoxy) is 1. The minimum atomic E-state index is -2.87. The average molecular weight is 407 g/mol. The van der Waals surface area contributed by atoms with Gasteiger partial charge in [-0.3, -0.25) is 4.99 Å². The van der Waals surface area contributed by atoms with Gasteiger partial charge in [0, 0.05) is 39.6 Å². The summed E-state index contributed by atoms with van der Waals surface area (Å²) in [5.74, 6) is 0.890. The largest absolute Gasteiger partial charge is 0.382 e. The van der Waals surface area contributed by atoms with E-state index in [0.29, 0.717) is 18.9 Å². The van der Waals surface area contributed by atoms with Crippen molar-refractivity contribution in [3.05, 3.63) is 0 Å². The molecule has 0 aromatic rings. The smallest absolute Gasteiger partial charge is 0.190 e. The number of halogens is 1. The van der Waals surface area contributed by atoms with Crippen LogP contribution in [0, 0.1) is 0 Å². The van der Waals surface area contributed by atoms with E-state index in [0.717, 1.165) is 26.2 Å². The quantitative estimate of drug-likeness (QED) is 0.254. The molecule has 0 aliphatic heterocycles. The van der Waals surface area contributed by atoms with Crippen LogP contribution < -0.4 is 10.6 Å². The molecule has 0 radical (unpaired) electrons. The van der Waals surface area contributed by atoms with Gasteiger partial charge in [-0.2, -0.15) is 0 Å². The number of hydrogen-bond acceptors (Lipinski definition) is 4. The van der Waals surface area contributed by atoms with Gasteiger partial charge < -0.3 is 15.4 Å². The predicted molar refractivity (Wildman–Crippen MR) is 90.2 cm³/mol. The van der Waals surface area contributed by atoms with Crippen LogP contribution >= 0.6 is 24.0 Å². The topological polar surface area (TPSA) is 79.8 Å². The summed E-state index contributed by atoms with van der Waals surface area (Å²) in [4.78, 5) is 4.04. The van der Waals surface area contributed by atoms with E-state index in [9.17, 15) is 8.42 Å². The highest BCUT2D eigenvalue weighted by molar-refractivity contribution is 14.0. The summed E-state index contributed by atoms with van der Waals surface area (Å²) < 4.78 is 27.1. The standard InChI is InChI=1S/C11H25N3O3S.HI/c1-4-17-9-5-7-13-11(12-2)14-8-6-10-18(3,15)16;/h4-10H2,1-3H3,(H2,12,13,14);1H. The van der Waals surface area contributed by atoms with Crippen LogP contribution in [0.15, 0.2) is 4.99 Å². The second kappa shape index (κ2) is 12.9.